The third-order valence-corrected chi connectivity index (χ3v) is 11.1. The molecule has 0 spiro atoms. The number of nitrogens with two attached hydrogens (primary N) is 1. The Morgan fingerprint density at radius 2 is 0.877 bits per heavy atom. The Kier molecular flexibility index (Phi) is 47.5. The lowest BCUT2D eigenvalue weighted by Crippen LogP contribution is -2.29. The van der Waals surface area contributed by atoms with E-state index >= 15 is 0 Å². The Bertz CT molecular complexity index is 1430. The van der Waals surface area contributed by atoms with E-state index in [2.05, 4.69) is 111 Å². The lowest BCUT2D eigenvalue weighted by molar-refractivity contribution is -0.161. The van der Waals surface area contributed by atoms with Gasteiger partial charge in [-0.2, -0.15) is 0 Å². The van der Waals surface area contributed by atoms with E-state index in [-0.39, 0.29) is 32.6 Å². The first-order valence-corrected chi connectivity index (χ1v) is 26.9. The number of hydrogen-bond donors (Lipinski definition) is 2. The number of rotatable bonds is 46. The molecule has 0 heterocycles. The van der Waals surface area contributed by atoms with Crippen LogP contribution in [0.15, 0.2) is 109 Å². The second-order valence-electron chi connectivity index (χ2n) is 16.3. The van der Waals surface area contributed by atoms with Crippen LogP contribution in [0.1, 0.15) is 194 Å². The molecule has 9 nitrogen and oxygen atoms in total. The Morgan fingerprint density at radius 1 is 0.477 bits per heavy atom. The van der Waals surface area contributed by atoms with E-state index in [1.807, 2.05) is 12.2 Å². The Hall–Kier alpha value is -3.33. The smallest absolute Gasteiger partial charge is 0.462 e. The highest BCUT2D eigenvalue weighted by Crippen LogP contribution is 2.43. The number of allylic oxidation sites excluding steroid dienone is 18. The van der Waals surface area contributed by atoms with Crippen molar-refractivity contribution >= 4 is 19.8 Å². The van der Waals surface area contributed by atoms with Gasteiger partial charge in [0.05, 0.1) is 13.2 Å². The van der Waals surface area contributed by atoms with Crippen LogP contribution in [0.3, 0.4) is 0 Å². The fraction of sp³-hybridized carbons (Fsp3) is 0.636. The van der Waals surface area contributed by atoms with Crippen molar-refractivity contribution in [1.29, 1.82) is 0 Å². The number of phosphoric ester groups is 1. The van der Waals surface area contributed by atoms with Gasteiger partial charge >= 0.3 is 19.8 Å². The SMILES string of the molecule is CC/C=C\C/C=C\C/C=C\C/C=C\C/C=C\C/C=C\CCC(=O)OC(COC(=O)CCCCCCCCCCCC/C=C\C/C=C\C/C=C\CCCCCCC)COP(=O)(O)OCCN. The van der Waals surface area contributed by atoms with Crippen LogP contribution in [0.5, 0.6) is 0 Å². The van der Waals surface area contributed by atoms with E-state index in [9.17, 15) is 19.0 Å². The van der Waals surface area contributed by atoms with Crippen molar-refractivity contribution in [3.05, 3.63) is 109 Å². The highest BCUT2D eigenvalue weighted by Gasteiger charge is 2.25. The maximum Gasteiger partial charge on any atom is 0.472 e. The standard InChI is InChI=1S/C55H92NO8P/c1-3-5-7-9-11-13-15-17-19-21-23-24-25-26-27-28-30-31-33-35-37-39-41-43-45-47-54(57)61-51-53(52-63-65(59,60)62-50-49-56)64-55(58)48-46-44-42-40-38-36-34-32-29-22-20-18-16-14-12-10-8-6-4-2/h6,8,12,14-15,17-18,20-21,23,25-26,29,32,36,38,42,44,53H,3-5,7,9-11,13,16,19,22,24,27-28,30-31,33-35,37,39-41,43,45-52,56H2,1-2H3,(H,59,60)/b8-6-,14-12-,17-15-,20-18-,23-21-,26-25-,32-29-,38-36-,44-42-. The summed E-state index contributed by atoms with van der Waals surface area (Å²) in [5.74, 6) is -0.938. The van der Waals surface area contributed by atoms with Crippen molar-refractivity contribution in [3.8, 4) is 0 Å². The quantitative estimate of drug-likeness (QED) is 0.0265. The van der Waals surface area contributed by atoms with Crippen molar-refractivity contribution < 1.29 is 37.6 Å². The minimum atomic E-state index is -4.41. The first-order valence-electron chi connectivity index (χ1n) is 25.4. The molecule has 0 aliphatic heterocycles. The number of ether oxygens (including phenoxy) is 2. The summed E-state index contributed by atoms with van der Waals surface area (Å²) < 4.78 is 32.8. The van der Waals surface area contributed by atoms with Gasteiger partial charge in [-0.3, -0.25) is 18.6 Å². The van der Waals surface area contributed by atoms with Crippen LogP contribution in [0.2, 0.25) is 0 Å². The van der Waals surface area contributed by atoms with E-state index < -0.39 is 32.5 Å². The monoisotopic (exact) mass is 926 g/mol. The zero-order chi connectivity index (χ0) is 47.4. The normalized spacial score (nSPS) is 14.1. The molecule has 0 aromatic heterocycles. The first kappa shape index (κ1) is 61.7. The van der Waals surface area contributed by atoms with Crippen molar-refractivity contribution in [1.82, 2.24) is 0 Å². The number of carbonyl (C=O) groups is 2. The highest BCUT2D eigenvalue weighted by molar-refractivity contribution is 7.47. The zero-order valence-electron chi connectivity index (χ0n) is 40.9. The molecule has 3 N–H and O–H groups in total. The molecule has 10 heteroatoms. The van der Waals surface area contributed by atoms with Crippen LogP contribution in [0, 0.1) is 0 Å². The molecular formula is C55H92NO8P. The minimum Gasteiger partial charge on any atom is -0.462 e. The van der Waals surface area contributed by atoms with Gasteiger partial charge in [-0.15, -0.1) is 0 Å². The topological polar surface area (TPSA) is 134 Å². The van der Waals surface area contributed by atoms with Crippen molar-refractivity contribution in [2.24, 2.45) is 5.73 Å². The van der Waals surface area contributed by atoms with E-state index in [1.54, 1.807) is 0 Å². The number of hydrogen-bond acceptors (Lipinski definition) is 8. The molecule has 0 aromatic carbocycles. The third kappa shape index (κ3) is 49.9. The van der Waals surface area contributed by atoms with Gasteiger partial charge in [-0.1, -0.05) is 200 Å². The Balaban J connectivity index is 4.17. The number of carbonyl (C=O) groups excluding carboxylic acids is 2. The summed E-state index contributed by atoms with van der Waals surface area (Å²) in [4.78, 5) is 35.0. The van der Waals surface area contributed by atoms with Crippen molar-refractivity contribution in [2.45, 2.75) is 200 Å². The summed E-state index contributed by atoms with van der Waals surface area (Å²) in [6.45, 7) is 3.51. The average molecular weight is 926 g/mol. The lowest BCUT2D eigenvalue weighted by Gasteiger charge is -2.19. The van der Waals surface area contributed by atoms with E-state index in [0.717, 1.165) is 77.0 Å². The van der Waals surface area contributed by atoms with Crippen LogP contribution in [-0.2, 0) is 32.7 Å². The molecule has 370 valence electrons. The molecule has 2 unspecified atom stereocenters. The van der Waals surface area contributed by atoms with Gasteiger partial charge < -0.3 is 20.1 Å². The fourth-order valence-corrected chi connectivity index (χ4v) is 7.20. The molecule has 0 aliphatic rings. The highest BCUT2D eigenvalue weighted by atomic mass is 31.2. The zero-order valence-corrected chi connectivity index (χ0v) is 41.8. The maximum atomic E-state index is 12.6. The predicted molar refractivity (Wildman–Crippen MR) is 275 cm³/mol. The van der Waals surface area contributed by atoms with Crippen LogP contribution in [-0.4, -0.2) is 49.3 Å². The molecule has 2 atom stereocenters. The van der Waals surface area contributed by atoms with E-state index in [1.165, 1.54) is 77.0 Å². The maximum absolute atomic E-state index is 12.6. The molecule has 0 saturated heterocycles. The van der Waals surface area contributed by atoms with Gasteiger partial charge in [0.15, 0.2) is 6.10 Å². The van der Waals surface area contributed by atoms with E-state index in [4.69, 9.17) is 24.3 Å². The first-order chi connectivity index (χ1) is 31.8. The van der Waals surface area contributed by atoms with E-state index in [0.29, 0.717) is 12.8 Å². The van der Waals surface area contributed by atoms with Gasteiger partial charge in [-0.05, 0) is 89.9 Å². The van der Waals surface area contributed by atoms with Crippen molar-refractivity contribution in [2.75, 3.05) is 26.4 Å². The summed E-state index contributed by atoms with van der Waals surface area (Å²) in [7, 11) is -4.41. The van der Waals surface area contributed by atoms with Crippen LogP contribution in [0.4, 0.5) is 0 Å². The molecule has 0 radical (unpaired) electrons. The van der Waals surface area contributed by atoms with Crippen LogP contribution < -0.4 is 5.73 Å². The van der Waals surface area contributed by atoms with Gasteiger partial charge in [0.2, 0.25) is 0 Å². The average Bonchev–Trinajstić information content (AvgIpc) is 3.30. The molecule has 0 bridgehead atoms. The molecule has 0 rings (SSSR count). The van der Waals surface area contributed by atoms with Crippen LogP contribution >= 0.6 is 7.82 Å². The summed E-state index contributed by atoms with van der Waals surface area (Å²) in [6, 6.07) is 0. The molecule has 0 saturated carbocycles. The summed E-state index contributed by atoms with van der Waals surface area (Å²) in [5, 5.41) is 0. The molecule has 0 fully saturated rings. The largest absolute Gasteiger partial charge is 0.472 e. The number of phosphoric acid groups is 1. The summed E-state index contributed by atoms with van der Waals surface area (Å²) in [6.07, 6.45) is 67.1. The van der Waals surface area contributed by atoms with Gasteiger partial charge in [-0.25, -0.2) is 4.57 Å². The number of esters is 2. The minimum absolute atomic E-state index is 0.0355. The molecule has 0 aliphatic carbocycles. The third-order valence-electron chi connectivity index (χ3n) is 10.2. The molecule has 0 aromatic rings. The van der Waals surface area contributed by atoms with Gasteiger partial charge in [0, 0.05) is 19.4 Å². The van der Waals surface area contributed by atoms with Crippen LogP contribution in [0.25, 0.3) is 0 Å². The second-order valence-corrected chi connectivity index (χ2v) is 17.8. The predicted octanol–water partition coefficient (Wildman–Crippen LogP) is 15.5. The van der Waals surface area contributed by atoms with Crippen molar-refractivity contribution in [3.63, 3.8) is 0 Å². The molecule has 0 amide bonds. The molecule has 65 heavy (non-hydrogen) atoms. The van der Waals surface area contributed by atoms with Gasteiger partial charge in [0.25, 0.3) is 0 Å². The molecular weight excluding hydrogens is 834 g/mol. The number of unbranched alkanes of at least 4 members (excludes halogenated alkanes) is 15. The Morgan fingerprint density at radius 3 is 1.32 bits per heavy atom. The summed E-state index contributed by atoms with van der Waals surface area (Å²) in [5.41, 5.74) is 5.36. The second kappa shape index (κ2) is 50.1. The van der Waals surface area contributed by atoms with Gasteiger partial charge in [0.1, 0.15) is 6.61 Å². The Labute approximate surface area is 397 Å². The fourth-order valence-electron chi connectivity index (χ4n) is 6.43. The lowest BCUT2D eigenvalue weighted by atomic mass is 10.1. The summed E-state index contributed by atoms with van der Waals surface area (Å²) >= 11 is 0.